The highest BCUT2D eigenvalue weighted by atomic mass is 16.7. The van der Waals surface area contributed by atoms with E-state index in [1.165, 1.54) is 25.9 Å². The molecule has 2 rings (SSSR count). The molecule has 12 nitrogen and oxygen atoms in total. The molecule has 1 heterocycles. The summed E-state index contributed by atoms with van der Waals surface area (Å²) in [6, 6.07) is 3.66. The Labute approximate surface area is 197 Å². The van der Waals surface area contributed by atoms with E-state index in [4.69, 9.17) is 29.2 Å². The van der Waals surface area contributed by atoms with Crippen LogP contribution >= 0.6 is 0 Å². The van der Waals surface area contributed by atoms with Crippen LogP contribution in [0.15, 0.2) is 22.0 Å². The fourth-order valence-corrected chi connectivity index (χ4v) is 3.50. The van der Waals surface area contributed by atoms with Crippen LogP contribution in [0.1, 0.15) is 28.5 Å². The van der Waals surface area contributed by atoms with Gasteiger partial charge in [-0.05, 0) is 42.6 Å². The zero-order valence-corrected chi connectivity index (χ0v) is 20.3. The number of esters is 1. The molecule has 0 unspecified atom stereocenters. The molecule has 3 atom stereocenters. The number of aryl methyl sites for hydroxylation is 2. The van der Waals surface area contributed by atoms with Gasteiger partial charge in [-0.3, -0.25) is 4.79 Å². The molecular formula is C22H31N5O7. The lowest BCUT2D eigenvalue weighted by atomic mass is 9.97. The maximum Gasteiger partial charge on any atom is 0.362 e. The number of benzene rings is 1. The second kappa shape index (κ2) is 13.0. The highest BCUT2D eigenvalue weighted by molar-refractivity contribution is 5.89. The quantitative estimate of drug-likeness (QED) is 0.141. The molecule has 0 radical (unpaired) electrons. The first-order valence-corrected chi connectivity index (χ1v) is 10.6. The monoisotopic (exact) mass is 477 g/mol. The zero-order chi connectivity index (χ0) is 25.3. The van der Waals surface area contributed by atoms with E-state index < -0.39 is 23.7 Å². The Kier molecular flexibility index (Phi) is 10.4. The highest BCUT2D eigenvalue weighted by Crippen LogP contribution is 2.22. The van der Waals surface area contributed by atoms with Crippen molar-refractivity contribution >= 4 is 17.0 Å². The second-order valence-corrected chi connectivity index (χ2v) is 7.79. The van der Waals surface area contributed by atoms with E-state index in [9.17, 15) is 9.59 Å². The molecule has 0 bridgehead atoms. The molecule has 0 aliphatic rings. The summed E-state index contributed by atoms with van der Waals surface area (Å²) in [6.45, 7) is 5.71. The molecule has 0 saturated carbocycles. The Hall–Kier alpha value is -3.02. The van der Waals surface area contributed by atoms with Crippen LogP contribution in [-0.4, -0.2) is 69.2 Å². The van der Waals surface area contributed by atoms with E-state index in [1.54, 1.807) is 0 Å². The first-order chi connectivity index (χ1) is 16.3. The minimum Gasteiger partial charge on any atom is -0.464 e. The predicted molar refractivity (Wildman–Crippen MR) is 123 cm³/mol. The Bertz CT molecular complexity index is 1100. The molecule has 186 valence electrons. The molecule has 12 heteroatoms. The number of azide groups is 1. The zero-order valence-electron chi connectivity index (χ0n) is 20.3. The smallest absolute Gasteiger partial charge is 0.362 e. The van der Waals surface area contributed by atoms with Gasteiger partial charge in [-0.1, -0.05) is 12.0 Å². The van der Waals surface area contributed by atoms with Gasteiger partial charge in [0.15, 0.2) is 0 Å². The van der Waals surface area contributed by atoms with E-state index in [0.29, 0.717) is 11.0 Å². The number of carbonyl (C=O) groups excluding carboxylic acids is 1. The molecule has 2 aromatic rings. The Morgan fingerprint density at radius 1 is 1.12 bits per heavy atom. The summed E-state index contributed by atoms with van der Waals surface area (Å²) in [5.41, 5.74) is 10.8. The molecule has 0 amide bonds. The molecule has 0 aliphatic carbocycles. The van der Waals surface area contributed by atoms with Gasteiger partial charge < -0.3 is 28.3 Å². The molecule has 0 saturated heterocycles. The van der Waals surface area contributed by atoms with Crippen LogP contribution in [0.25, 0.3) is 21.5 Å². The lowest BCUT2D eigenvalue weighted by molar-refractivity contribution is -0.140. The van der Waals surface area contributed by atoms with Crippen molar-refractivity contribution in [3.05, 3.63) is 49.8 Å². The van der Waals surface area contributed by atoms with Gasteiger partial charge in [0.2, 0.25) is 5.69 Å². The van der Waals surface area contributed by atoms with Gasteiger partial charge >= 0.3 is 5.97 Å². The maximum atomic E-state index is 13.3. The average Bonchev–Trinajstić information content (AvgIpc) is 2.83. The van der Waals surface area contributed by atoms with Gasteiger partial charge in [-0.25, -0.2) is 9.78 Å². The first kappa shape index (κ1) is 27.2. The lowest BCUT2D eigenvalue weighted by Gasteiger charge is -2.31. The van der Waals surface area contributed by atoms with Crippen LogP contribution in [0.3, 0.4) is 0 Å². The van der Waals surface area contributed by atoms with Crippen LogP contribution in [0.2, 0.25) is 0 Å². The van der Waals surface area contributed by atoms with E-state index >= 15 is 0 Å². The molecule has 0 aliphatic heterocycles. The van der Waals surface area contributed by atoms with E-state index in [0.717, 1.165) is 11.1 Å². The van der Waals surface area contributed by atoms with E-state index in [2.05, 4.69) is 15.0 Å². The number of ether oxygens (including phenoxy) is 5. The summed E-state index contributed by atoms with van der Waals surface area (Å²) in [4.78, 5) is 32.7. The van der Waals surface area contributed by atoms with Crippen LogP contribution < -0.4 is 5.56 Å². The molecule has 0 spiro atoms. The van der Waals surface area contributed by atoms with Crippen molar-refractivity contribution in [2.75, 3.05) is 41.5 Å². The second-order valence-electron chi connectivity index (χ2n) is 7.79. The molecule has 1 aromatic heterocycles. The van der Waals surface area contributed by atoms with Crippen LogP contribution in [0.4, 0.5) is 0 Å². The van der Waals surface area contributed by atoms with Crippen molar-refractivity contribution < 1.29 is 28.5 Å². The molecular weight excluding hydrogens is 446 g/mol. The summed E-state index contributed by atoms with van der Waals surface area (Å²) >= 11 is 0. The van der Waals surface area contributed by atoms with Gasteiger partial charge in [-0.15, -0.1) is 0 Å². The maximum absolute atomic E-state index is 13.3. The van der Waals surface area contributed by atoms with Gasteiger partial charge in [0.25, 0.3) is 5.56 Å². The third-order valence-corrected chi connectivity index (χ3v) is 5.60. The van der Waals surface area contributed by atoms with Crippen LogP contribution in [-0.2, 0) is 30.2 Å². The van der Waals surface area contributed by atoms with Crippen LogP contribution in [0, 0.1) is 19.8 Å². The third-order valence-electron chi connectivity index (χ3n) is 5.60. The number of hydrogen-bond donors (Lipinski definition) is 0. The SMILES string of the molecule is COCO[C@@H](Cn1c(=O)c(C(=O)OC)nc2cc(C)c(C)cc21)[C@H](C)[C@@H](CN=[N+]=[N-])OCOC. The fraction of sp³-hybridized carbons (Fsp3) is 0.591. The highest BCUT2D eigenvalue weighted by Gasteiger charge is 2.29. The van der Waals surface area contributed by atoms with Gasteiger partial charge in [0.05, 0.1) is 43.4 Å². The van der Waals surface area contributed by atoms with Gasteiger partial charge in [0.1, 0.15) is 13.6 Å². The fourth-order valence-electron chi connectivity index (χ4n) is 3.50. The Morgan fingerprint density at radius 3 is 2.32 bits per heavy atom. The van der Waals surface area contributed by atoms with Crippen molar-refractivity contribution in [3.63, 3.8) is 0 Å². The van der Waals surface area contributed by atoms with Crippen molar-refractivity contribution in [1.82, 2.24) is 9.55 Å². The minimum absolute atomic E-state index is 0.0178. The number of fused-ring (bicyclic) bond motifs is 1. The standard InChI is InChI=1S/C22H31N5O7/c1-13-7-16-17(8-14(13)2)27(21(28)20(25-16)22(29)32-6)10-19(34-12-31-5)15(3)18(9-24-26-23)33-11-30-4/h7-8,15,18-19H,9-12H2,1-6H3/t15-,18-,19+/m1/s1. The largest absolute Gasteiger partial charge is 0.464 e. The van der Waals surface area contributed by atoms with Crippen molar-refractivity contribution in [3.8, 4) is 0 Å². The summed E-state index contributed by atoms with van der Waals surface area (Å²) in [6.07, 6.45) is -1.18. The normalized spacial score (nSPS) is 13.8. The van der Waals surface area contributed by atoms with Gasteiger partial charge in [0, 0.05) is 25.0 Å². The molecule has 0 fully saturated rings. The van der Waals surface area contributed by atoms with Crippen molar-refractivity contribution in [2.45, 2.75) is 39.5 Å². The van der Waals surface area contributed by atoms with E-state index in [-0.39, 0.29) is 38.3 Å². The summed E-state index contributed by atoms with van der Waals surface area (Å²) in [5.74, 6) is -1.19. The Morgan fingerprint density at radius 2 is 1.74 bits per heavy atom. The minimum atomic E-state index is -0.828. The summed E-state index contributed by atoms with van der Waals surface area (Å²) < 4.78 is 27.9. The number of rotatable bonds is 13. The van der Waals surface area contributed by atoms with Crippen LogP contribution in [0.5, 0.6) is 0 Å². The topological polar surface area (TPSA) is 147 Å². The number of methoxy groups -OCH3 is 3. The molecule has 34 heavy (non-hydrogen) atoms. The predicted octanol–water partition coefficient (Wildman–Crippen LogP) is 2.72. The van der Waals surface area contributed by atoms with Crippen molar-refractivity contribution in [1.29, 1.82) is 0 Å². The third kappa shape index (κ3) is 6.52. The first-order valence-electron chi connectivity index (χ1n) is 10.6. The molecule has 1 aromatic carbocycles. The average molecular weight is 478 g/mol. The van der Waals surface area contributed by atoms with Crippen molar-refractivity contribution in [2.24, 2.45) is 11.0 Å². The number of carbonyl (C=O) groups is 1. The number of aromatic nitrogens is 2. The lowest BCUT2D eigenvalue weighted by Crippen LogP contribution is -2.41. The number of hydrogen-bond acceptors (Lipinski definition) is 9. The summed E-state index contributed by atoms with van der Waals surface area (Å²) in [7, 11) is 4.16. The summed E-state index contributed by atoms with van der Waals surface area (Å²) in [5, 5.41) is 3.63. The Balaban J connectivity index is 2.61. The van der Waals surface area contributed by atoms with Gasteiger partial charge in [-0.2, -0.15) is 0 Å². The van der Waals surface area contributed by atoms with E-state index in [1.807, 2.05) is 32.9 Å². The number of nitrogens with zero attached hydrogens (tertiary/aromatic N) is 5. The molecule has 0 N–H and O–H groups in total.